The minimum absolute atomic E-state index is 0.236. The van der Waals surface area contributed by atoms with Gasteiger partial charge >= 0.3 is 0 Å². The maximum absolute atomic E-state index is 10.6. The van der Waals surface area contributed by atoms with Crippen molar-refractivity contribution in [3.63, 3.8) is 0 Å². The molecule has 0 spiro atoms. The van der Waals surface area contributed by atoms with E-state index in [-0.39, 0.29) is 6.54 Å². The van der Waals surface area contributed by atoms with Gasteiger partial charge in [0.05, 0.1) is 12.8 Å². The maximum atomic E-state index is 10.6. The van der Waals surface area contributed by atoms with E-state index in [4.69, 9.17) is 4.42 Å². The van der Waals surface area contributed by atoms with E-state index >= 15 is 0 Å². The van der Waals surface area contributed by atoms with Gasteiger partial charge in [-0.05, 0) is 51.3 Å². The number of likely N-dealkylation sites (tertiary alicyclic amines) is 1. The van der Waals surface area contributed by atoms with Crippen LogP contribution in [0.5, 0.6) is 0 Å². The molecule has 2 atom stereocenters. The van der Waals surface area contributed by atoms with Crippen LogP contribution in [0, 0.1) is 0 Å². The average Bonchev–Trinajstić information content (AvgIpc) is 3.29. The monoisotopic (exact) mass is 398 g/mol. The van der Waals surface area contributed by atoms with Crippen LogP contribution in [0.15, 0.2) is 58.1 Å². The number of rotatable bonds is 7. The fourth-order valence-electron chi connectivity index (χ4n) is 3.78. The van der Waals surface area contributed by atoms with E-state index in [1.165, 1.54) is 5.56 Å². The number of benzene rings is 1. The van der Waals surface area contributed by atoms with Crippen molar-refractivity contribution < 1.29 is 9.52 Å². The average molecular weight is 399 g/mol. The van der Waals surface area contributed by atoms with Gasteiger partial charge in [0.2, 0.25) is 0 Å². The van der Waals surface area contributed by atoms with Crippen LogP contribution in [0.3, 0.4) is 0 Å². The lowest BCUT2D eigenvalue weighted by Gasteiger charge is -2.37. The Morgan fingerprint density at radius 2 is 1.97 bits per heavy atom. The van der Waals surface area contributed by atoms with Crippen molar-refractivity contribution in [3.05, 3.63) is 60.1 Å². The second-order valence-corrected chi connectivity index (χ2v) is 7.99. The molecule has 2 aromatic rings. The summed E-state index contributed by atoms with van der Waals surface area (Å²) in [7, 11) is 0. The smallest absolute Gasteiger partial charge is 0.191 e. The Bertz CT molecular complexity index is 750. The number of guanidine groups is 1. The van der Waals surface area contributed by atoms with Crippen molar-refractivity contribution in [2.75, 3.05) is 26.2 Å². The normalized spacial score (nSPS) is 19.5. The third-order valence-corrected chi connectivity index (χ3v) is 5.64. The number of piperidine rings is 1. The van der Waals surface area contributed by atoms with Crippen LogP contribution in [0.25, 0.3) is 0 Å². The quantitative estimate of drug-likeness (QED) is 0.493. The molecule has 158 valence electrons. The molecule has 1 fully saturated rings. The molecule has 6 heteroatoms. The summed E-state index contributed by atoms with van der Waals surface area (Å²) in [6, 6.07) is 15.1. The molecule has 1 aromatic heterocycles. The lowest BCUT2D eigenvalue weighted by atomic mass is 10.0. The summed E-state index contributed by atoms with van der Waals surface area (Å²) >= 11 is 0. The van der Waals surface area contributed by atoms with Crippen molar-refractivity contribution in [3.8, 4) is 0 Å². The van der Waals surface area contributed by atoms with Crippen molar-refractivity contribution in [2.24, 2.45) is 4.99 Å². The van der Waals surface area contributed by atoms with Crippen molar-refractivity contribution in [1.29, 1.82) is 0 Å². The van der Waals surface area contributed by atoms with Gasteiger partial charge in [-0.1, -0.05) is 30.3 Å². The lowest BCUT2D eigenvalue weighted by Crippen LogP contribution is -2.49. The minimum atomic E-state index is -1.12. The van der Waals surface area contributed by atoms with E-state index in [2.05, 4.69) is 57.8 Å². The molecule has 0 radical (unpaired) electrons. The van der Waals surface area contributed by atoms with Crippen LogP contribution in [-0.4, -0.2) is 48.2 Å². The van der Waals surface area contributed by atoms with Gasteiger partial charge in [-0.15, -0.1) is 0 Å². The standard InChI is InChI=1S/C23H34N4O2/c1-4-24-22(25-17-23(3,28)21-11-8-16-29-21)26-20-12-14-27(15-13-20)18(2)19-9-6-5-7-10-19/h5-11,16,18,20,28H,4,12-15,17H2,1-3H3,(H2,24,25,26). The highest BCUT2D eigenvalue weighted by Gasteiger charge is 2.27. The van der Waals surface area contributed by atoms with Crippen LogP contribution >= 0.6 is 0 Å². The number of nitrogens with one attached hydrogen (secondary N) is 2. The molecule has 1 aromatic carbocycles. The van der Waals surface area contributed by atoms with Gasteiger partial charge in [0.25, 0.3) is 0 Å². The van der Waals surface area contributed by atoms with Crippen LogP contribution in [-0.2, 0) is 5.60 Å². The van der Waals surface area contributed by atoms with Crippen LogP contribution in [0.2, 0.25) is 0 Å². The largest absolute Gasteiger partial charge is 0.466 e. The summed E-state index contributed by atoms with van der Waals surface area (Å²) in [5.74, 6) is 1.27. The molecule has 3 N–H and O–H groups in total. The summed E-state index contributed by atoms with van der Waals surface area (Å²) in [4.78, 5) is 7.15. The molecule has 0 amide bonds. The third-order valence-electron chi connectivity index (χ3n) is 5.64. The van der Waals surface area contributed by atoms with Gasteiger partial charge in [-0.25, -0.2) is 4.99 Å². The van der Waals surface area contributed by atoms with E-state index in [0.717, 1.165) is 38.4 Å². The van der Waals surface area contributed by atoms with Crippen molar-refractivity contribution >= 4 is 5.96 Å². The highest BCUT2D eigenvalue weighted by molar-refractivity contribution is 5.80. The molecule has 0 aliphatic carbocycles. The molecule has 29 heavy (non-hydrogen) atoms. The molecule has 2 unspecified atom stereocenters. The van der Waals surface area contributed by atoms with Gasteiger partial charge in [0, 0.05) is 31.7 Å². The summed E-state index contributed by atoms with van der Waals surface area (Å²) < 4.78 is 5.35. The fraction of sp³-hybridized carbons (Fsp3) is 0.522. The minimum Gasteiger partial charge on any atom is -0.466 e. The van der Waals surface area contributed by atoms with Crippen LogP contribution in [0.4, 0.5) is 0 Å². The Morgan fingerprint density at radius 3 is 2.59 bits per heavy atom. The van der Waals surface area contributed by atoms with Gasteiger partial charge in [0.1, 0.15) is 11.4 Å². The number of furan rings is 1. The first-order chi connectivity index (χ1) is 14.0. The van der Waals surface area contributed by atoms with E-state index in [1.54, 1.807) is 25.3 Å². The number of nitrogens with zero attached hydrogens (tertiary/aromatic N) is 2. The molecule has 2 heterocycles. The number of aliphatic hydroxyl groups is 1. The Morgan fingerprint density at radius 1 is 1.24 bits per heavy atom. The Kier molecular flexibility index (Phi) is 7.34. The predicted octanol–water partition coefficient (Wildman–Crippen LogP) is 3.27. The van der Waals surface area contributed by atoms with Crippen molar-refractivity contribution in [1.82, 2.24) is 15.5 Å². The number of hydrogen-bond donors (Lipinski definition) is 3. The third kappa shape index (κ3) is 5.84. The van der Waals surface area contributed by atoms with Gasteiger partial charge in [-0.2, -0.15) is 0 Å². The summed E-state index contributed by atoms with van der Waals surface area (Å²) in [6.45, 7) is 9.17. The summed E-state index contributed by atoms with van der Waals surface area (Å²) in [5.41, 5.74) is 0.245. The first kappa shape index (κ1) is 21.4. The van der Waals surface area contributed by atoms with E-state index in [0.29, 0.717) is 17.8 Å². The first-order valence-electron chi connectivity index (χ1n) is 10.6. The van der Waals surface area contributed by atoms with Crippen molar-refractivity contribution in [2.45, 2.75) is 51.3 Å². The molecule has 1 saturated heterocycles. The lowest BCUT2D eigenvalue weighted by molar-refractivity contribution is 0.0436. The molecular formula is C23H34N4O2. The molecule has 6 nitrogen and oxygen atoms in total. The highest BCUT2D eigenvalue weighted by atomic mass is 16.4. The topological polar surface area (TPSA) is 73.0 Å². The van der Waals surface area contributed by atoms with Crippen LogP contribution < -0.4 is 10.6 Å². The summed E-state index contributed by atoms with van der Waals surface area (Å²) in [6.07, 6.45) is 3.70. The predicted molar refractivity (Wildman–Crippen MR) is 117 cm³/mol. The zero-order chi connectivity index (χ0) is 20.7. The molecular weight excluding hydrogens is 364 g/mol. The molecule has 0 bridgehead atoms. The maximum Gasteiger partial charge on any atom is 0.191 e. The van der Waals surface area contributed by atoms with Crippen LogP contribution in [0.1, 0.15) is 51.0 Å². The van der Waals surface area contributed by atoms with E-state index in [9.17, 15) is 5.11 Å². The molecule has 1 aliphatic heterocycles. The van der Waals surface area contributed by atoms with E-state index < -0.39 is 5.60 Å². The van der Waals surface area contributed by atoms with Gasteiger partial charge in [0.15, 0.2) is 5.96 Å². The fourth-order valence-corrected chi connectivity index (χ4v) is 3.78. The van der Waals surface area contributed by atoms with Gasteiger partial charge < -0.3 is 20.2 Å². The second-order valence-electron chi connectivity index (χ2n) is 7.99. The SMILES string of the molecule is CCNC(=NCC(C)(O)c1ccco1)NC1CCN(C(C)c2ccccc2)CC1. The Hall–Kier alpha value is -2.31. The first-order valence-corrected chi connectivity index (χ1v) is 10.6. The molecule has 0 saturated carbocycles. The molecule has 3 rings (SSSR count). The number of aliphatic imine (C=N–C) groups is 1. The van der Waals surface area contributed by atoms with Gasteiger partial charge in [-0.3, -0.25) is 4.90 Å². The second kappa shape index (κ2) is 9.94. The number of hydrogen-bond acceptors (Lipinski definition) is 4. The molecule has 1 aliphatic rings. The Balaban J connectivity index is 1.54. The van der Waals surface area contributed by atoms with E-state index in [1.807, 2.05) is 6.92 Å². The highest BCUT2D eigenvalue weighted by Crippen LogP contribution is 2.24. The summed E-state index contributed by atoms with van der Waals surface area (Å²) in [5, 5.41) is 17.5. The zero-order valence-corrected chi connectivity index (χ0v) is 17.8. The zero-order valence-electron chi connectivity index (χ0n) is 17.8. The Labute approximate surface area is 174 Å².